The predicted molar refractivity (Wildman–Crippen MR) is 104 cm³/mol. The van der Waals surface area contributed by atoms with E-state index in [0.717, 1.165) is 47.8 Å². The molecular formula is C20H24N6O. The topological polar surface area (TPSA) is 87.6 Å². The number of aromatic amines is 1. The summed E-state index contributed by atoms with van der Waals surface area (Å²) in [6.45, 7) is 6.57. The lowest BCUT2D eigenvalue weighted by atomic mass is 10.1. The summed E-state index contributed by atoms with van der Waals surface area (Å²) in [7, 11) is 0. The number of nitrogens with zero attached hydrogens (tertiary/aromatic N) is 3. The second-order valence-electron chi connectivity index (χ2n) is 7.18. The van der Waals surface area contributed by atoms with Crippen molar-refractivity contribution >= 4 is 11.6 Å². The van der Waals surface area contributed by atoms with Gasteiger partial charge in [0.1, 0.15) is 5.82 Å². The van der Waals surface area contributed by atoms with Crippen molar-refractivity contribution < 1.29 is 4.79 Å². The molecule has 3 heterocycles. The van der Waals surface area contributed by atoms with E-state index < -0.39 is 0 Å². The van der Waals surface area contributed by atoms with Crippen molar-refractivity contribution in [2.75, 3.05) is 11.9 Å². The molecule has 4 rings (SSSR count). The van der Waals surface area contributed by atoms with Crippen molar-refractivity contribution in [1.82, 2.24) is 25.1 Å². The molecule has 7 nitrogen and oxygen atoms in total. The van der Waals surface area contributed by atoms with Crippen LogP contribution in [0.4, 0.5) is 5.69 Å². The van der Waals surface area contributed by atoms with Crippen molar-refractivity contribution in [2.45, 2.75) is 39.3 Å². The molecule has 140 valence electrons. The molecule has 27 heavy (non-hydrogen) atoms. The molecule has 0 bridgehead atoms. The molecule has 0 fully saturated rings. The number of carbonyl (C=O) groups excluding carboxylic acids is 1. The summed E-state index contributed by atoms with van der Waals surface area (Å²) in [6, 6.07) is 7.91. The van der Waals surface area contributed by atoms with Gasteiger partial charge in [0, 0.05) is 61.3 Å². The zero-order valence-corrected chi connectivity index (χ0v) is 15.6. The molecule has 7 heteroatoms. The number of nitrogens with one attached hydrogen (secondary N) is 3. The van der Waals surface area contributed by atoms with Crippen LogP contribution in [-0.2, 0) is 19.5 Å². The minimum atomic E-state index is -0.182. The first-order chi connectivity index (χ1) is 13.1. The van der Waals surface area contributed by atoms with Crippen molar-refractivity contribution in [3.63, 3.8) is 0 Å². The molecule has 1 aliphatic heterocycles. The SMILES string of the molecule is CC(C)c1nccn1Cc1cccc(NC(=O)c2n[nH]c3c2CNCC3)c1. The number of rotatable bonds is 5. The van der Waals surface area contributed by atoms with Gasteiger partial charge in [0.2, 0.25) is 0 Å². The summed E-state index contributed by atoms with van der Waals surface area (Å²) in [4.78, 5) is 17.1. The van der Waals surface area contributed by atoms with Crippen molar-refractivity contribution in [1.29, 1.82) is 0 Å². The first-order valence-corrected chi connectivity index (χ1v) is 9.30. The Morgan fingerprint density at radius 3 is 3.11 bits per heavy atom. The van der Waals surface area contributed by atoms with Gasteiger partial charge in [-0.05, 0) is 17.7 Å². The Morgan fingerprint density at radius 1 is 1.37 bits per heavy atom. The van der Waals surface area contributed by atoms with E-state index >= 15 is 0 Å². The van der Waals surface area contributed by atoms with Crippen molar-refractivity contribution in [2.24, 2.45) is 0 Å². The Balaban J connectivity index is 1.50. The summed E-state index contributed by atoms with van der Waals surface area (Å²) in [5.74, 6) is 1.24. The maximum absolute atomic E-state index is 12.7. The molecule has 0 unspecified atom stereocenters. The highest BCUT2D eigenvalue weighted by Gasteiger charge is 2.21. The first-order valence-electron chi connectivity index (χ1n) is 9.30. The number of anilines is 1. The van der Waals surface area contributed by atoms with Crippen LogP contribution in [0.15, 0.2) is 36.7 Å². The van der Waals surface area contributed by atoms with E-state index in [9.17, 15) is 4.79 Å². The number of fused-ring (bicyclic) bond motifs is 1. The van der Waals surface area contributed by atoms with Crippen LogP contribution in [0.1, 0.15) is 52.9 Å². The van der Waals surface area contributed by atoms with Gasteiger partial charge < -0.3 is 15.2 Å². The summed E-state index contributed by atoms with van der Waals surface area (Å²) in [6.07, 6.45) is 4.69. The van der Waals surface area contributed by atoms with Crippen LogP contribution < -0.4 is 10.6 Å². The maximum atomic E-state index is 12.7. The molecule has 3 N–H and O–H groups in total. The number of benzene rings is 1. The van der Waals surface area contributed by atoms with Crippen molar-refractivity contribution in [3.8, 4) is 0 Å². The van der Waals surface area contributed by atoms with E-state index in [1.165, 1.54) is 0 Å². The van der Waals surface area contributed by atoms with E-state index in [1.54, 1.807) is 0 Å². The number of imidazole rings is 1. The second-order valence-corrected chi connectivity index (χ2v) is 7.18. The number of H-pyrrole nitrogens is 1. The van der Waals surface area contributed by atoms with Crippen molar-refractivity contribution in [3.05, 3.63) is 65.0 Å². The van der Waals surface area contributed by atoms with Gasteiger partial charge in [0.25, 0.3) is 5.91 Å². The molecule has 2 aromatic heterocycles. The zero-order chi connectivity index (χ0) is 18.8. The molecule has 3 aromatic rings. The molecular weight excluding hydrogens is 340 g/mol. The van der Waals surface area contributed by atoms with Gasteiger partial charge in [-0.2, -0.15) is 5.10 Å². The van der Waals surface area contributed by atoms with Gasteiger partial charge in [-0.25, -0.2) is 4.98 Å². The minimum absolute atomic E-state index is 0.182. The monoisotopic (exact) mass is 364 g/mol. The average molecular weight is 364 g/mol. The van der Waals surface area contributed by atoms with Gasteiger partial charge in [-0.15, -0.1) is 0 Å². The second kappa shape index (κ2) is 7.36. The van der Waals surface area contributed by atoms with E-state index in [0.29, 0.717) is 18.2 Å². The molecule has 1 aromatic carbocycles. The first kappa shape index (κ1) is 17.5. The van der Waals surface area contributed by atoms with E-state index in [1.807, 2.05) is 30.6 Å². The average Bonchev–Trinajstić information content (AvgIpc) is 3.28. The summed E-state index contributed by atoms with van der Waals surface area (Å²) >= 11 is 0. The summed E-state index contributed by atoms with van der Waals surface area (Å²) in [5.41, 5.74) is 4.37. The highest BCUT2D eigenvalue weighted by atomic mass is 16.1. The zero-order valence-electron chi connectivity index (χ0n) is 15.6. The van der Waals surface area contributed by atoms with Gasteiger partial charge >= 0.3 is 0 Å². The number of amides is 1. The summed E-state index contributed by atoms with van der Waals surface area (Å²) < 4.78 is 2.14. The fourth-order valence-corrected chi connectivity index (χ4v) is 3.50. The van der Waals surface area contributed by atoms with Crippen LogP contribution >= 0.6 is 0 Å². The van der Waals surface area contributed by atoms with Gasteiger partial charge in [0.05, 0.1) is 0 Å². The van der Waals surface area contributed by atoms with Crippen LogP contribution in [0, 0.1) is 0 Å². The van der Waals surface area contributed by atoms with E-state index in [2.05, 4.69) is 50.3 Å². The Morgan fingerprint density at radius 2 is 2.26 bits per heavy atom. The van der Waals surface area contributed by atoms with E-state index in [4.69, 9.17) is 0 Å². The molecule has 0 atom stereocenters. The highest BCUT2D eigenvalue weighted by molar-refractivity contribution is 6.04. The summed E-state index contributed by atoms with van der Waals surface area (Å²) in [5, 5.41) is 13.5. The van der Waals surface area contributed by atoms with Gasteiger partial charge in [0.15, 0.2) is 5.69 Å². The lowest BCUT2D eigenvalue weighted by molar-refractivity contribution is 0.102. The maximum Gasteiger partial charge on any atom is 0.276 e. The molecule has 0 saturated carbocycles. The van der Waals surface area contributed by atoms with E-state index in [-0.39, 0.29) is 5.91 Å². The molecule has 1 amide bonds. The molecule has 1 aliphatic rings. The Bertz CT molecular complexity index is 955. The Kier molecular flexibility index (Phi) is 4.77. The number of hydrogen-bond donors (Lipinski definition) is 3. The Labute approximate surface area is 158 Å². The van der Waals surface area contributed by atoms with Crippen LogP contribution in [-0.4, -0.2) is 32.2 Å². The number of carbonyl (C=O) groups is 1. The van der Waals surface area contributed by atoms with Gasteiger partial charge in [-0.3, -0.25) is 9.89 Å². The van der Waals surface area contributed by atoms with Crippen LogP contribution in [0.25, 0.3) is 0 Å². The largest absolute Gasteiger partial charge is 0.330 e. The normalized spacial score (nSPS) is 13.6. The fraction of sp³-hybridized carbons (Fsp3) is 0.350. The molecule has 0 spiro atoms. The molecule has 0 aliphatic carbocycles. The smallest absolute Gasteiger partial charge is 0.276 e. The predicted octanol–water partition coefficient (Wildman–Crippen LogP) is 2.68. The molecule has 0 saturated heterocycles. The van der Waals surface area contributed by atoms with Crippen LogP contribution in [0.5, 0.6) is 0 Å². The minimum Gasteiger partial charge on any atom is -0.330 e. The van der Waals surface area contributed by atoms with Gasteiger partial charge in [-0.1, -0.05) is 26.0 Å². The molecule has 0 radical (unpaired) electrons. The third kappa shape index (κ3) is 3.64. The highest BCUT2D eigenvalue weighted by Crippen LogP contribution is 2.19. The Hall–Kier alpha value is -2.93. The lowest BCUT2D eigenvalue weighted by Crippen LogP contribution is -2.25. The van der Waals surface area contributed by atoms with Crippen LogP contribution in [0.2, 0.25) is 0 Å². The third-order valence-electron chi connectivity index (χ3n) is 4.82. The number of hydrogen-bond acceptors (Lipinski definition) is 4. The fourth-order valence-electron chi connectivity index (χ4n) is 3.50. The van der Waals surface area contributed by atoms with Crippen LogP contribution in [0.3, 0.4) is 0 Å². The standard InChI is InChI=1S/C20H24N6O/c1-13(2)19-22-8-9-26(19)12-14-4-3-5-15(10-14)23-20(27)18-16-11-21-7-6-17(16)24-25-18/h3-5,8-10,13,21H,6-7,11-12H2,1-2H3,(H,23,27)(H,24,25). The quantitative estimate of drug-likeness (QED) is 0.649. The number of aromatic nitrogens is 4. The third-order valence-corrected chi connectivity index (χ3v) is 4.82. The lowest BCUT2D eigenvalue weighted by Gasteiger charge is -2.13.